The van der Waals surface area contributed by atoms with Gasteiger partial charge in [-0.1, -0.05) is 31.2 Å². The van der Waals surface area contributed by atoms with E-state index in [4.69, 9.17) is 0 Å². The average Bonchev–Trinajstić information content (AvgIpc) is 3.44. The highest BCUT2D eigenvalue weighted by Crippen LogP contribution is 2.37. The molecule has 0 spiro atoms. The number of thiazole rings is 1. The zero-order valence-corrected chi connectivity index (χ0v) is 17.5. The molecule has 3 aromatic rings. The van der Waals surface area contributed by atoms with Gasteiger partial charge in [-0.2, -0.15) is 0 Å². The van der Waals surface area contributed by atoms with E-state index in [1.165, 1.54) is 16.9 Å². The quantitative estimate of drug-likeness (QED) is 0.652. The molecule has 0 bridgehead atoms. The van der Waals surface area contributed by atoms with E-state index >= 15 is 0 Å². The van der Waals surface area contributed by atoms with Crippen LogP contribution in [0.5, 0.6) is 0 Å². The Morgan fingerprint density at radius 3 is 2.90 bits per heavy atom. The lowest BCUT2D eigenvalue weighted by Gasteiger charge is -2.33. The molecule has 2 N–H and O–H groups in total. The summed E-state index contributed by atoms with van der Waals surface area (Å²) < 4.78 is 0. The number of nitrogens with zero attached hydrogens (tertiary/aromatic N) is 2. The van der Waals surface area contributed by atoms with Crippen molar-refractivity contribution in [3.05, 3.63) is 59.0 Å². The molecule has 2 aliphatic heterocycles. The second-order valence-electron chi connectivity index (χ2n) is 7.62. The third-order valence-electron chi connectivity index (χ3n) is 5.76. The molecule has 2 aromatic carbocycles. The summed E-state index contributed by atoms with van der Waals surface area (Å²) in [4.78, 5) is 31.8. The summed E-state index contributed by atoms with van der Waals surface area (Å²) in [5, 5.41) is 8.32. The van der Waals surface area contributed by atoms with Crippen molar-refractivity contribution in [3.63, 3.8) is 0 Å². The Labute approximate surface area is 178 Å². The number of fused-ring (bicyclic) bond motifs is 3. The van der Waals surface area contributed by atoms with Gasteiger partial charge >= 0.3 is 0 Å². The number of hydrogen-bond donors (Lipinski definition) is 2. The molecule has 5 rings (SSSR count). The Balaban J connectivity index is 1.33. The van der Waals surface area contributed by atoms with Crippen LogP contribution in [0.1, 0.15) is 35.7 Å². The molecule has 7 heteroatoms. The van der Waals surface area contributed by atoms with Gasteiger partial charge < -0.3 is 10.2 Å². The number of aromatic nitrogens is 1. The fourth-order valence-electron chi connectivity index (χ4n) is 4.12. The molecule has 30 heavy (non-hydrogen) atoms. The molecular weight excluding hydrogens is 396 g/mol. The van der Waals surface area contributed by atoms with Crippen molar-refractivity contribution in [3.8, 4) is 11.3 Å². The molecule has 1 atom stereocenters. The number of rotatable bonds is 4. The number of anilines is 3. The van der Waals surface area contributed by atoms with Crippen LogP contribution in [0.4, 0.5) is 16.5 Å². The van der Waals surface area contributed by atoms with Crippen molar-refractivity contribution in [2.75, 3.05) is 22.1 Å². The minimum atomic E-state index is -0.238. The maximum atomic E-state index is 12.8. The maximum Gasteiger partial charge on any atom is 0.257 e. The van der Waals surface area contributed by atoms with E-state index in [1.54, 1.807) is 12.1 Å². The maximum absolute atomic E-state index is 12.8. The zero-order chi connectivity index (χ0) is 20.7. The summed E-state index contributed by atoms with van der Waals surface area (Å²) in [7, 11) is 0. The van der Waals surface area contributed by atoms with Crippen molar-refractivity contribution in [2.45, 2.75) is 32.2 Å². The van der Waals surface area contributed by atoms with E-state index < -0.39 is 0 Å². The summed E-state index contributed by atoms with van der Waals surface area (Å²) in [5.41, 5.74) is 5.33. The lowest BCUT2D eigenvalue weighted by atomic mass is 10.1. The van der Waals surface area contributed by atoms with Crippen molar-refractivity contribution in [1.29, 1.82) is 0 Å². The summed E-state index contributed by atoms with van der Waals surface area (Å²) in [5.74, 6) is -0.228. The number of hydrogen-bond acceptors (Lipinski definition) is 5. The number of nitrogens with one attached hydrogen (secondary N) is 2. The van der Waals surface area contributed by atoms with Crippen LogP contribution >= 0.6 is 11.3 Å². The number of carbonyl (C=O) groups excluding carboxylic acids is 2. The Morgan fingerprint density at radius 1 is 1.27 bits per heavy atom. The van der Waals surface area contributed by atoms with Gasteiger partial charge in [-0.05, 0) is 43.0 Å². The second kappa shape index (κ2) is 7.57. The standard InChI is InChI=1S/C23H22N4O2S/c1-2-14-5-7-15(8-6-14)18-13-30-23(25-18)26-21(28)16-9-10-19-17(12-16)24-22(29)20-4-3-11-27(19)20/h5-10,12-13,20H,2-4,11H2,1H3,(H,24,29)(H,25,26,28)/t20-/m0/s1. The van der Waals surface area contributed by atoms with E-state index in [0.717, 1.165) is 42.8 Å². The lowest BCUT2D eigenvalue weighted by Crippen LogP contribution is -2.43. The molecule has 0 aliphatic carbocycles. The highest BCUT2D eigenvalue weighted by atomic mass is 32.1. The molecule has 2 aliphatic rings. The number of carbonyl (C=O) groups is 2. The Bertz CT molecular complexity index is 1120. The molecule has 0 saturated carbocycles. The van der Waals surface area contributed by atoms with Crippen molar-refractivity contribution >= 4 is 39.7 Å². The zero-order valence-electron chi connectivity index (χ0n) is 16.6. The monoisotopic (exact) mass is 418 g/mol. The van der Waals surface area contributed by atoms with Crippen LogP contribution in [0.15, 0.2) is 47.8 Å². The van der Waals surface area contributed by atoms with Crippen LogP contribution in [-0.2, 0) is 11.2 Å². The van der Waals surface area contributed by atoms with Crippen molar-refractivity contribution in [1.82, 2.24) is 4.98 Å². The minimum absolute atomic E-state index is 0.0104. The third kappa shape index (κ3) is 3.35. The van der Waals surface area contributed by atoms with Gasteiger partial charge in [0.1, 0.15) is 6.04 Å². The number of aryl methyl sites for hydroxylation is 1. The fraction of sp³-hybridized carbons (Fsp3) is 0.261. The first-order valence-electron chi connectivity index (χ1n) is 10.2. The molecule has 1 fully saturated rings. The van der Waals surface area contributed by atoms with Crippen LogP contribution in [0.3, 0.4) is 0 Å². The molecule has 6 nitrogen and oxygen atoms in total. The van der Waals surface area contributed by atoms with E-state index in [-0.39, 0.29) is 17.9 Å². The van der Waals surface area contributed by atoms with Gasteiger partial charge in [-0.3, -0.25) is 14.9 Å². The number of benzene rings is 2. The average molecular weight is 419 g/mol. The van der Waals surface area contributed by atoms with Gasteiger partial charge in [0.05, 0.1) is 17.1 Å². The van der Waals surface area contributed by atoms with Gasteiger partial charge in [0.25, 0.3) is 5.91 Å². The predicted molar refractivity (Wildman–Crippen MR) is 120 cm³/mol. The van der Waals surface area contributed by atoms with Gasteiger partial charge in [-0.15, -0.1) is 11.3 Å². The molecule has 0 unspecified atom stereocenters. The third-order valence-corrected chi connectivity index (χ3v) is 6.52. The minimum Gasteiger partial charge on any atom is -0.358 e. The van der Waals surface area contributed by atoms with E-state index in [0.29, 0.717) is 16.4 Å². The Hall–Kier alpha value is -3.19. The van der Waals surface area contributed by atoms with Crippen LogP contribution in [-0.4, -0.2) is 29.4 Å². The van der Waals surface area contributed by atoms with Gasteiger partial charge in [0.15, 0.2) is 5.13 Å². The van der Waals surface area contributed by atoms with Gasteiger partial charge in [0.2, 0.25) is 5.91 Å². The summed E-state index contributed by atoms with van der Waals surface area (Å²) in [6.45, 7) is 3.00. The van der Waals surface area contributed by atoms with Crippen LogP contribution < -0.4 is 15.5 Å². The Morgan fingerprint density at radius 2 is 2.10 bits per heavy atom. The predicted octanol–water partition coefficient (Wildman–Crippen LogP) is 4.55. The molecule has 152 valence electrons. The second-order valence-corrected chi connectivity index (χ2v) is 8.47. The van der Waals surface area contributed by atoms with E-state index in [9.17, 15) is 9.59 Å². The van der Waals surface area contributed by atoms with E-state index in [1.807, 2.05) is 11.4 Å². The highest BCUT2D eigenvalue weighted by molar-refractivity contribution is 7.14. The topological polar surface area (TPSA) is 74.3 Å². The van der Waals surface area contributed by atoms with Gasteiger partial charge in [0, 0.05) is 23.1 Å². The molecular formula is C23H22N4O2S. The molecule has 2 amide bonds. The first kappa shape index (κ1) is 18.8. The highest BCUT2D eigenvalue weighted by Gasteiger charge is 2.36. The van der Waals surface area contributed by atoms with Crippen LogP contribution in [0, 0.1) is 0 Å². The van der Waals surface area contributed by atoms with E-state index in [2.05, 4.69) is 51.7 Å². The lowest BCUT2D eigenvalue weighted by molar-refractivity contribution is -0.117. The fourth-order valence-corrected chi connectivity index (χ4v) is 4.83. The normalized spacial score (nSPS) is 17.3. The van der Waals surface area contributed by atoms with Crippen LogP contribution in [0.2, 0.25) is 0 Å². The first-order valence-corrected chi connectivity index (χ1v) is 11.1. The number of amides is 2. The summed E-state index contributed by atoms with van der Waals surface area (Å²) in [6, 6.07) is 13.7. The molecule has 0 radical (unpaired) electrons. The summed E-state index contributed by atoms with van der Waals surface area (Å²) in [6.07, 6.45) is 2.88. The van der Waals surface area contributed by atoms with Crippen LogP contribution in [0.25, 0.3) is 11.3 Å². The van der Waals surface area contributed by atoms with Crippen molar-refractivity contribution < 1.29 is 9.59 Å². The largest absolute Gasteiger partial charge is 0.358 e. The molecule has 1 saturated heterocycles. The van der Waals surface area contributed by atoms with Crippen molar-refractivity contribution in [2.24, 2.45) is 0 Å². The first-order chi connectivity index (χ1) is 14.6. The van der Waals surface area contributed by atoms with Gasteiger partial charge in [-0.25, -0.2) is 4.98 Å². The summed E-state index contributed by atoms with van der Waals surface area (Å²) >= 11 is 1.40. The molecule has 3 heterocycles. The molecule has 1 aromatic heterocycles. The SMILES string of the molecule is CCc1ccc(-c2csc(NC(=O)c3ccc4c(c3)NC(=O)[C@@H]3CCCN43)n2)cc1. The Kier molecular flexibility index (Phi) is 4.75. The smallest absolute Gasteiger partial charge is 0.257 e.